The Hall–Kier alpha value is -3.28. The van der Waals surface area contributed by atoms with E-state index in [1.807, 2.05) is 18.2 Å². The van der Waals surface area contributed by atoms with Crippen molar-refractivity contribution in [2.45, 2.75) is 0 Å². The zero-order valence-electron chi connectivity index (χ0n) is 13.2. The number of aromatic nitrogens is 1. The van der Waals surface area contributed by atoms with E-state index in [0.717, 1.165) is 10.9 Å². The molecule has 24 heavy (non-hydrogen) atoms. The maximum atomic E-state index is 10.3. The van der Waals surface area contributed by atoms with Crippen molar-refractivity contribution in [3.05, 3.63) is 48.7 Å². The third-order valence-electron chi connectivity index (χ3n) is 3.45. The molecule has 1 heterocycles. The molecule has 2 aromatic carbocycles. The molecule has 0 atom stereocenters. The van der Waals surface area contributed by atoms with Gasteiger partial charge in [-0.25, -0.2) is 0 Å². The van der Waals surface area contributed by atoms with Gasteiger partial charge in [-0.1, -0.05) is 0 Å². The van der Waals surface area contributed by atoms with Gasteiger partial charge in [0.25, 0.3) is 0 Å². The van der Waals surface area contributed by atoms with E-state index in [2.05, 4.69) is 10.3 Å². The van der Waals surface area contributed by atoms with Crippen LogP contribution in [0, 0.1) is 0 Å². The number of hydrogen-bond donors (Lipinski definition) is 1. The summed E-state index contributed by atoms with van der Waals surface area (Å²) in [6, 6.07) is 12.5. The Morgan fingerprint density at radius 3 is 2.33 bits per heavy atom. The second-order valence-electron chi connectivity index (χ2n) is 4.92. The van der Waals surface area contributed by atoms with Crippen LogP contribution in [0.2, 0.25) is 0 Å². The maximum Gasteiger partial charge on any atom is 0.314 e. The van der Waals surface area contributed by atoms with Crippen LogP contribution >= 0.6 is 0 Å². The monoisotopic (exact) mass is 323 g/mol. The zero-order chi connectivity index (χ0) is 16.9. The fourth-order valence-electron chi connectivity index (χ4n) is 2.29. The van der Waals surface area contributed by atoms with Crippen LogP contribution in [0.3, 0.4) is 0 Å². The molecular formula is C18H15N2O4. The van der Waals surface area contributed by atoms with Gasteiger partial charge in [-0.3, -0.25) is 9.78 Å². The second kappa shape index (κ2) is 6.87. The van der Waals surface area contributed by atoms with Crippen LogP contribution in [0.25, 0.3) is 10.9 Å². The molecule has 6 heteroatoms. The van der Waals surface area contributed by atoms with Gasteiger partial charge in [-0.2, -0.15) is 0 Å². The van der Waals surface area contributed by atoms with Crippen molar-refractivity contribution in [1.82, 2.24) is 4.98 Å². The van der Waals surface area contributed by atoms with Crippen molar-refractivity contribution in [3.8, 4) is 23.0 Å². The van der Waals surface area contributed by atoms with Gasteiger partial charge in [0, 0.05) is 17.1 Å². The first-order chi connectivity index (χ1) is 11.7. The molecule has 0 spiro atoms. The lowest BCUT2D eigenvalue weighted by molar-refractivity contribution is 0.355. The van der Waals surface area contributed by atoms with Crippen LogP contribution in [0.1, 0.15) is 0 Å². The number of nitrogens with one attached hydrogen (secondary N) is 1. The highest BCUT2D eigenvalue weighted by Gasteiger charge is 2.08. The predicted molar refractivity (Wildman–Crippen MR) is 90.7 cm³/mol. The van der Waals surface area contributed by atoms with Crippen molar-refractivity contribution in [2.24, 2.45) is 0 Å². The van der Waals surface area contributed by atoms with E-state index in [9.17, 15) is 4.79 Å². The highest BCUT2D eigenvalue weighted by Crippen LogP contribution is 2.33. The number of pyridine rings is 1. The Bertz CT molecular complexity index is 863. The summed E-state index contributed by atoms with van der Waals surface area (Å²) in [5.41, 5.74) is 1.42. The largest absolute Gasteiger partial charge is 0.493 e. The number of carbonyl (C=O) groups excluding carboxylic acids is 1. The van der Waals surface area contributed by atoms with Crippen LogP contribution in [-0.2, 0) is 4.79 Å². The second-order valence-corrected chi connectivity index (χ2v) is 4.92. The van der Waals surface area contributed by atoms with Gasteiger partial charge in [0.05, 0.1) is 25.9 Å². The summed E-state index contributed by atoms with van der Waals surface area (Å²) < 4.78 is 16.4. The van der Waals surface area contributed by atoms with Crippen molar-refractivity contribution in [3.63, 3.8) is 0 Å². The van der Waals surface area contributed by atoms with E-state index in [4.69, 9.17) is 14.2 Å². The molecule has 1 N–H and O–H groups in total. The predicted octanol–water partition coefficient (Wildman–Crippen LogP) is 3.52. The number of fused-ring (bicyclic) bond motifs is 1. The molecule has 6 nitrogen and oxygen atoms in total. The summed E-state index contributed by atoms with van der Waals surface area (Å²) in [4.78, 5) is 14.7. The van der Waals surface area contributed by atoms with Gasteiger partial charge in [0.1, 0.15) is 11.5 Å². The van der Waals surface area contributed by atoms with Crippen molar-refractivity contribution >= 4 is 23.0 Å². The van der Waals surface area contributed by atoms with Crippen LogP contribution in [0.15, 0.2) is 48.7 Å². The average Bonchev–Trinajstić information content (AvgIpc) is 2.62. The highest BCUT2D eigenvalue weighted by molar-refractivity contribution is 5.83. The molecule has 1 radical (unpaired) electrons. The van der Waals surface area contributed by atoms with Gasteiger partial charge < -0.3 is 19.5 Å². The van der Waals surface area contributed by atoms with E-state index in [0.29, 0.717) is 28.7 Å². The topological polar surface area (TPSA) is 69.7 Å². The summed E-state index contributed by atoms with van der Waals surface area (Å²) in [5.74, 6) is 2.48. The van der Waals surface area contributed by atoms with Crippen molar-refractivity contribution in [1.29, 1.82) is 0 Å². The van der Waals surface area contributed by atoms with Gasteiger partial charge in [-0.15, -0.1) is 0 Å². The molecule has 1 aromatic heterocycles. The maximum absolute atomic E-state index is 10.3. The van der Waals surface area contributed by atoms with E-state index in [-0.39, 0.29) is 0 Å². The number of hydrogen-bond acceptors (Lipinski definition) is 5. The zero-order valence-corrected chi connectivity index (χ0v) is 13.2. The van der Waals surface area contributed by atoms with Crippen LogP contribution in [-0.4, -0.2) is 25.6 Å². The molecule has 0 bridgehead atoms. The quantitative estimate of drug-likeness (QED) is 0.703. The minimum Gasteiger partial charge on any atom is -0.493 e. The number of amides is 1. The first kappa shape index (κ1) is 15.6. The van der Waals surface area contributed by atoms with Crippen LogP contribution in [0.5, 0.6) is 23.0 Å². The van der Waals surface area contributed by atoms with E-state index >= 15 is 0 Å². The summed E-state index contributed by atoms with van der Waals surface area (Å²) >= 11 is 0. The Kier molecular flexibility index (Phi) is 4.47. The number of ether oxygens (including phenoxy) is 3. The summed E-state index contributed by atoms with van der Waals surface area (Å²) in [7, 11) is 3.17. The fraction of sp³-hybridized carbons (Fsp3) is 0.111. The molecule has 0 saturated heterocycles. The summed E-state index contributed by atoms with van der Waals surface area (Å²) in [6.45, 7) is 0. The van der Waals surface area contributed by atoms with Gasteiger partial charge in [-0.05, 0) is 36.4 Å². The smallest absolute Gasteiger partial charge is 0.314 e. The van der Waals surface area contributed by atoms with Crippen LogP contribution < -0.4 is 19.5 Å². The molecule has 0 saturated carbocycles. The lowest BCUT2D eigenvalue weighted by atomic mass is 10.2. The van der Waals surface area contributed by atoms with Gasteiger partial charge >= 0.3 is 6.41 Å². The molecule has 3 rings (SSSR count). The summed E-state index contributed by atoms with van der Waals surface area (Å²) in [5, 5.41) is 3.32. The third kappa shape index (κ3) is 3.22. The van der Waals surface area contributed by atoms with E-state index < -0.39 is 0 Å². The van der Waals surface area contributed by atoms with Crippen molar-refractivity contribution in [2.75, 3.05) is 19.5 Å². The fourth-order valence-corrected chi connectivity index (χ4v) is 2.29. The molecule has 0 aliphatic rings. The van der Waals surface area contributed by atoms with Crippen molar-refractivity contribution < 1.29 is 19.0 Å². The average molecular weight is 323 g/mol. The molecule has 0 aliphatic heterocycles. The Morgan fingerprint density at radius 2 is 1.67 bits per heavy atom. The standard InChI is InChI=1S/C18H15N2O4/c1-22-17-8-12-7-15(10-19-16(12)9-18(17)23-2)24-14-5-3-13(4-6-14)20-11-21/h3-10H,1-2H3,(H,20,21). The van der Waals surface area contributed by atoms with Gasteiger partial charge in [0.2, 0.25) is 0 Å². The molecule has 121 valence electrons. The normalized spacial score (nSPS) is 10.2. The molecule has 3 aromatic rings. The lowest BCUT2D eigenvalue weighted by Gasteiger charge is -2.10. The Balaban J connectivity index is 1.88. The Labute approximate surface area is 139 Å². The number of methoxy groups -OCH3 is 2. The third-order valence-corrected chi connectivity index (χ3v) is 3.45. The molecule has 1 amide bonds. The number of benzene rings is 2. The summed E-state index contributed by atoms with van der Waals surface area (Å²) in [6.07, 6.45) is 3.26. The van der Waals surface area contributed by atoms with E-state index in [1.165, 1.54) is 0 Å². The molecule has 0 aliphatic carbocycles. The number of nitrogens with zero attached hydrogens (tertiary/aromatic N) is 1. The SMILES string of the molecule is COc1cc2cc(Oc3ccc(N[C]=O)cc3)cnc2cc1OC. The number of rotatable bonds is 6. The number of anilines is 1. The van der Waals surface area contributed by atoms with Crippen LogP contribution in [0.4, 0.5) is 5.69 Å². The minimum absolute atomic E-state index is 0.595. The first-order valence-electron chi connectivity index (χ1n) is 7.16. The molecule has 0 unspecified atom stereocenters. The highest BCUT2D eigenvalue weighted by atomic mass is 16.5. The Morgan fingerprint density at radius 1 is 0.958 bits per heavy atom. The minimum atomic E-state index is 0.595. The molecular weight excluding hydrogens is 308 g/mol. The van der Waals surface area contributed by atoms with Gasteiger partial charge in [0.15, 0.2) is 11.5 Å². The first-order valence-corrected chi connectivity index (χ1v) is 7.16. The van der Waals surface area contributed by atoms with E-state index in [1.54, 1.807) is 51.1 Å². The lowest BCUT2D eigenvalue weighted by Crippen LogP contribution is -1.93. The molecule has 0 fully saturated rings.